The molecule has 130 valence electrons. The van der Waals surface area contributed by atoms with Gasteiger partial charge >= 0.3 is 0 Å². The molecule has 0 saturated carbocycles. The van der Waals surface area contributed by atoms with Crippen molar-refractivity contribution in [2.75, 3.05) is 6.54 Å². The van der Waals surface area contributed by atoms with Gasteiger partial charge in [0.25, 0.3) is 5.91 Å². The van der Waals surface area contributed by atoms with Gasteiger partial charge in [0.2, 0.25) is 0 Å². The minimum absolute atomic E-state index is 0.0572. The quantitative estimate of drug-likeness (QED) is 0.883. The number of hydrogen-bond donors (Lipinski definition) is 2. The number of aryl methyl sites for hydroxylation is 1. The molecule has 2 N–H and O–H groups in total. The smallest absolute Gasteiger partial charge is 0.256 e. The van der Waals surface area contributed by atoms with E-state index in [-0.39, 0.29) is 17.9 Å². The molecule has 1 amide bonds. The van der Waals surface area contributed by atoms with Crippen LogP contribution in [0.15, 0.2) is 28.8 Å². The Hall–Kier alpha value is -1.85. The summed E-state index contributed by atoms with van der Waals surface area (Å²) in [6.07, 6.45) is 0. The summed E-state index contributed by atoms with van der Waals surface area (Å²) in [4.78, 5) is 12.6. The van der Waals surface area contributed by atoms with Crippen molar-refractivity contribution in [3.63, 3.8) is 0 Å². The molecule has 24 heavy (non-hydrogen) atoms. The first kappa shape index (κ1) is 18.5. The predicted molar refractivity (Wildman–Crippen MR) is 93.3 cm³/mol. The topological polar surface area (TPSA) is 75.4 Å². The van der Waals surface area contributed by atoms with Gasteiger partial charge in [0, 0.05) is 10.4 Å². The molecule has 0 aliphatic heterocycles. The van der Waals surface area contributed by atoms with E-state index in [0.717, 1.165) is 0 Å². The monoisotopic (exact) mass is 350 g/mol. The number of aliphatic hydroxyl groups is 1. The Labute approximate surface area is 147 Å². The van der Waals surface area contributed by atoms with E-state index >= 15 is 0 Å². The van der Waals surface area contributed by atoms with Crippen LogP contribution >= 0.6 is 11.6 Å². The molecule has 6 heteroatoms. The maximum absolute atomic E-state index is 12.6. The second kappa shape index (κ2) is 6.57. The molecule has 1 heterocycles. The van der Waals surface area contributed by atoms with E-state index < -0.39 is 5.60 Å². The van der Waals surface area contributed by atoms with E-state index in [4.69, 9.17) is 16.1 Å². The average molecular weight is 351 g/mol. The molecule has 5 nitrogen and oxygen atoms in total. The van der Waals surface area contributed by atoms with E-state index in [1.54, 1.807) is 38.1 Å². The largest absolute Gasteiger partial charge is 0.384 e. The number of nitrogens with zero attached hydrogens (tertiary/aromatic N) is 1. The molecule has 1 aromatic carbocycles. The van der Waals surface area contributed by atoms with Crippen molar-refractivity contribution in [2.24, 2.45) is 0 Å². The van der Waals surface area contributed by atoms with Crippen LogP contribution < -0.4 is 5.32 Å². The lowest BCUT2D eigenvalue weighted by Gasteiger charge is -2.24. The Morgan fingerprint density at radius 2 is 1.83 bits per heavy atom. The highest BCUT2D eigenvalue weighted by molar-refractivity contribution is 6.30. The Morgan fingerprint density at radius 3 is 2.38 bits per heavy atom. The van der Waals surface area contributed by atoms with Gasteiger partial charge in [-0.25, -0.2) is 0 Å². The third-order valence-electron chi connectivity index (χ3n) is 3.86. The van der Waals surface area contributed by atoms with Crippen LogP contribution in [-0.2, 0) is 11.0 Å². The number of rotatable bonds is 4. The number of halogens is 1. The Balaban J connectivity index is 2.16. The van der Waals surface area contributed by atoms with Gasteiger partial charge in [0.1, 0.15) is 22.6 Å². The molecule has 0 aliphatic carbocycles. The first-order valence-corrected chi connectivity index (χ1v) is 8.13. The summed E-state index contributed by atoms with van der Waals surface area (Å²) in [5.74, 6) is 0.150. The molecule has 2 aromatic rings. The van der Waals surface area contributed by atoms with Crippen LogP contribution in [0.25, 0.3) is 0 Å². The van der Waals surface area contributed by atoms with Crippen LogP contribution in [0.5, 0.6) is 0 Å². The highest BCUT2D eigenvalue weighted by Crippen LogP contribution is 2.27. The van der Waals surface area contributed by atoms with Gasteiger partial charge in [0.15, 0.2) is 0 Å². The molecule has 1 aromatic heterocycles. The summed E-state index contributed by atoms with van der Waals surface area (Å²) in [6.45, 7) is 9.29. The standard InChI is InChI=1S/C18H23ClN2O3/c1-11-14(15(21-24-11)17(2,3)4)16(22)20-10-18(5,23)12-6-8-13(19)9-7-12/h6-9,23H,10H2,1-5H3,(H,20,22). The maximum Gasteiger partial charge on any atom is 0.256 e. The Bertz CT molecular complexity index is 728. The third-order valence-corrected chi connectivity index (χ3v) is 4.11. The number of amides is 1. The predicted octanol–water partition coefficient (Wildman–Crippen LogP) is 3.57. The van der Waals surface area contributed by atoms with E-state index in [2.05, 4.69) is 10.5 Å². The van der Waals surface area contributed by atoms with Crippen molar-refractivity contribution in [3.05, 3.63) is 51.9 Å². The number of carbonyl (C=O) groups excluding carboxylic acids is 1. The second-order valence-electron chi connectivity index (χ2n) is 7.18. The zero-order valence-electron chi connectivity index (χ0n) is 14.6. The van der Waals surface area contributed by atoms with Gasteiger partial charge in [0.05, 0.1) is 6.54 Å². The lowest BCUT2D eigenvalue weighted by atomic mass is 9.88. The van der Waals surface area contributed by atoms with E-state index in [0.29, 0.717) is 27.6 Å². The molecular formula is C18H23ClN2O3. The van der Waals surface area contributed by atoms with Gasteiger partial charge in [-0.05, 0) is 31.5 Å². The second-order valence-corrected chi connectivity index (χ2v) is 7.61. The minimum Gasteiger partial charge on any atom is -0.384 e. The molecule has 0 saturated heterocycles. The van der Waals surface area contributed by atoms with Crippen molar-refractivity contribution in [1.82, 2.24) is 10.5 Å². The SMILES string of the molecule is Cc1onc(C(C)(C)C)c1C(=O)NCC(C)(O)c1ccc(Cl)cc1. The van der Waals surface area contributed by atoms with Gasteiger partial charge < -0.3 is 14.9 Å². The molecule has 0 fully saturated rings. The highest BCUT2D eigenvalue weighted by atomic mass is 35.5. The zero-order chi connectivity index (χ0) is 18.1. The summed E-state index contributed by atoms with van der Waals surface area (Å²) >= 11 is 5.87. The lowest BCUT2D eigenvalue weighted by molar-refractivity contribution is 0.0525. The fraction of sp³-hybridized carbons (Fsp3) is 0.444. The molecule has 2 rings (SSSR count). The Morgan fingerprint density at radius 1 is 1.25 bits per heavy atom. The van der Waals surface area contributed by atoms with Crippen molar-refractivity contribution in [1.29, 1.82) is 0 Å². The summed E-state index contributed by atoms with van der Waals surface area (Å²) < 4.78 is 5.19. The molecule has 0 bridgehead atoms. The van der Waals surface area contributed by atoms with Crippen LogP contribution in [0, 0.1) is 6.92 Å². The first-order valence-electron chi connectivity index (χ1n) is 7.76. The first-order chi connectivity index (χ1) is 11.0. The highest BCUT2D eigenvalue weighted by Gasteiger charge is 2.30. The van der Waals surface area contributed by atoms with Gasteiger partial charge in [-0.1, -0.05) is 49.7 Å². The average Bonchev–Trinajstić information content (AvgIpc) is 2.87. The lowest BCUT2D eigenvalue weighted by Crippen LogP contribution is -2.39. The van der Waals surface area contributed by atoms with Gasteiger partial charge in [-0.3, -0.25) is 4.79 Å². The normalized spacial score (nSPS) is 14.3. The van der Waals surface area contributed by atoms with Crippen LogP contribution in [0.1, 0.15) is 55.1 Å². The molecule has 0 spiro atoms. The maximum atomic E-state index is 12.6. The third kappa shape index (κ3) is 3.97. The summed E-state index contributed by atoms with van der Waals surface area (Å²) in [5.41, 5.74) is 0.166. The number of aromatic nitrogens is 1. The number of carbonyl (C=O) groups is 1. The van der Waals surface area contributed by atoms with Crippen LogP contribution in [0.4, 0.5) is 0 Å². The number of hydrogen-bond acceptors (Lipinski definition) is 4. The van der Waals surface area contributed by atoms with E-state index in [1.165, 1.54) is 0 Å². The van der Waals surface area contributed by atoms with Crippen LogP contribution in [-0.4, -0.2) is 22.7 Å². The summed E-state index contributed by atoms with van der Waals surface area (Å²) in [6, 6.07) is 6.88. The fourth-order valence-corrected chi connectivity index (χ4v) is 2.53. The zero-order valence-corrected chi connectivity index (χ0v) is 15.4. The minimum atomic E-state index is -1.22. The van der Waals surface area contributed by atoms with Crippen molar-refractivity contribution in [3.8, 4) is 0 Å². The van der Waals surface area contributed by atoms with Gasteiger partial charge in [-0.15, -0.1) is 0 Å². The molecule has 1 atom stereocenters. The molecule has 1 unspecified atom stereocenters. The van der Waals surface area contributed by atoms with Crippen LogP contribution in [0.2, 0.25) is 5.02 Å². The molecular weight excluding hydrogens is 328 g/mol. The van der Waals surface area contributed by atoms with E-state index in [9.17, 15) is 9.90 Å². The van der Waals surface area contributed by atoms with Crippen molar-refractivity contribution in [2.45, 2.75) is 45.6 Å². The number of nitrogens with one attached hydrogen (secondary N) is 1. The molecule has 0 aliphatic rings. The Kier molecular flexibility index (Phi) is 5.06. The summed E-state index contributed by atoms with van der Waals surface area (Å²) in [5, 5.41) is 18.0. The van der Waals surface area contributed by atoms with E-state index in [1.807, 2.05) is 20.8 Å². The van der Waals surface area contributed by atoms with Gasteiger partial charge in [-0.2, -0.15) is 0 Å². The van der Waals surface area contributed by atoms with Crippen molar-refractivity contribution >= 4 is 17.5 Å². The number of benzene rings is 1. The molecule has 0 radical (unpaired) electrons. The summed E-state index contributed by atoms with van der Waals surface area (Å²) in [7, 11) is 0. The fourth-order valence-electron chi connectivity index (χ4n) is 2.40. The van der Waals surface area contributed by atoms with Crippen molar-refractivity contribution < 1.29 is 14.4 Å². The van der Waals surface area contributed by atoms with Crippen LogP contribution in [0.3, 0.4) is 0 Å².